The number of nitrogens with zero attached hydrogens (tertiary/aromatic N) is 16. The Balaban J connectivity index is 0.000000156. The van der Waals surface area contributed by atoms with E-state index in [0.29, 0.717) is 224 Å². The number of likely N-dealkylation sites (tertiary alicyclic amines) is 4. The lowest BCUT2D eigenvalue weighted by Gasteiger charge is -2.37. The van der Waals surface area contributed by atoms with E-state index >= 15 is 0 Å². The van der Waals surface area contributed by atoms with E-state index in [1.807, 2.05) is 111 Å². The topological polar surface area (TPSA) is 363 Å². The van der Waals surface area contributed by atoms with Crippen LogP contribution in [0.25, 0.3) is 45.0 Å². The maximum absolute atomic E-state index is 14.0. The first-order valence-corrected chi connectivity index (χ1v) is 47.4. The normalized spacial score (nSPS) is 19.4. The maximum Gasteiger partial charge on any atom is 0.343 e. The first-order chi connectivity index (χ1) is 65.3. The fourth-order valence-corrected chi connectivity index (χ4v) is 18.8. The lowest BCUT2D eigenvalue weighted by molar-refractivity contribution is -0.139. The number of β-amino-alcohol motifs (C(OH)–C–C–N with tert-alkyl or cyclic N) is 3. The van der Waals surface area contributed by atoms with Crippen molar-refractivity contribution in [2.45, 2.75) is 228 Å². The van der Waals surface area contributed by atoms with Gasteiger partial charge in [-0.05, 0) is 168 Å². The number of fused-ring (bicyclic) bond motifs is 4. The molecule has 16 rings (SSSR count). The minimum atomic E-state index is -0.986. The summed E-state index contributed by atoms with van der Waals surface area (Å²) in [5.41, 5.74) is 6.72. The van der Waals surface area contributed by atoms with Crippen LogP contribution in [0.15, 0.2) is 72.8 Å². The van der Waals surface area contributed by atoms with Crippen molar-refractivity contribution in [3.8, 4) is 45.0 Å². The van der Waals surface area contributed by atoms with Crippen molar-refractivity contribution in [3.05, 3.63) is 164 Å². The van der Waals surface area contributed by atoms with Crippen LogP contribution in [0.3, 0.4) is 0 Å². The Morgan fingerprint density at radius 3 is 0.741 bits per heavy atom. The number of amides is 8. The zero-order valence-electron chi connectivity index (χ0n) is 81.9. The van der Waals surface area contributed by atoms with Gasteiger partial charge in [0, 0.05) is 175 Å². The predicted molar refractivity (Wildman–Crippen MR) is 502 cm³/mol. The molecular weight excluding hydrogens is 1810 g/mol. The second kappa shape index (κ2) is 43.0. The van der Waals surface area contributed by atoms with Gasteiger partial charge in [0.05, 0.1) is 70.0 Å². The minimum Gasteiger partial charge on any atom is -0.393 e. The van der Waals surface area contributed by atoms with Crippen molar-refractivity contribution in [3.63, 3.8) is 0 Å². The Hall–Kier alpha value is -11.4. The van der Waals surface area contributed by atoms with Gasteiger partial charge in [-0.25, -0.2) is 54.3 Å². The first-order valence-electron chi connectivity index (χ1n) is 47.4. The molecule has 0 aliphatic carbocycles. The van der Waals surface area contributed by atoms with E-state index in [1.54, 1.807) is 19.6 Å². The molecule has 0 radical (unpaired) electrons. The van der Waals surface area contributed by atoms with Gasteiger partial charge in [-0.3, -0.25) is 19.2 Å². The molecule has 0 saturated carbocycles. The number of benzene rings is 4. The fourth-order valence-electron chi connectivity index (χ4n) is 18.8. The van der Waals surface area contributed by atoms with Gasteiger partial charge in [0.15, 0.2) is 46.5 Å². The first kappa shape index (κ1) is 105. The maximum atomic E-state index is 14.0. The molecule has 32 nitrogen and oxygen atoms in total. The van der Waals surface area contributed by atoms with Gasteiger partial charge < -0.3 is 80.9 Å². The highest BCUT2D eigenvalue weighted by molar-refractivity contribution is 5.93. The lowest BCUT2D eigenvalue weighted by Crippen LogP contribution is -2.57. The van der Waals surface area contributed by atoms with Crippen LogP contribution < -0.4 is 21.3 Å². The van der Waals surface area contributed by atoms with Gasteiger partial charge in [0.1, 0.15) is 24.2 Å². The summed E-state index contributed by atoms with van der Waals surface area (Å²) in [4.78, 5) is 122. The van der Waals surface area contributed by atoms with E-state index in [-0.39, 0.29) is 43.3 Å². The van der Waals surface area contributed by atoms with E-state index in [4.69, 9.17) is 0 Å². The van der Waals surface area contributed by atoms with Crippen LogP contribution in [-0.4, -0.2) is 302 Å². The SMILES string of the molecule is CN1CCc2c(c(-c3ccc(F)c(F)c3)nn2C(=O)N[C@H](C(=O)N2CCC(O)CC2)C(C)(C)C)C1.CN1CCc2c(c(-c3ccc(F)c(F)c3)nn2C(=O)N[C@H](C(=O)N2CCC[C@@H](O)C2)C(C)(C)C)C1.CN1CCc2c(c(-c3ccc(F)c(F)c3)nn2C(=O)N[C@H](C(=O)N2CCC[C@H](O)C2)C(C)(C)C)C1.CN1CCc2c(c(-c3ccc(F)c(F)c3)nn2C(=O)N[C@H](C(=O)N2CC[C@@H](O)C2)C(C)(C)C)C1. The molecule has 139 heavy (non-hydrogen) atoms. The third-order valence-corrected chi connectivity index (χ3v) is 26.7. The number of likely N-dealkylation sites (N-methyl/N-ethyl adjacent to an activating group) is 4. The molecule has 4 aromatic carbocycles. The number of carbonyl (C=O) groups is 8. The molecule has 8 aliphatic heterocycles. The number of aromatic nitrogens is 8. The van der Waals surface area contributed by atoms with Crippen molar-refractivity contribution < 1.29 is 93.9 Å². The van der Waals surface area contributed by atoms with Gasteiger partial charge in [0.2, 0.25) is 23.6 Å². The molecule has 8 amide bonds. The Kier molecular flexibility index (Phi) is 32.4. The Labute approximate surface area is 803 Å². The Morgan fingerprint density at radius 1 is 0.302 bits per heavy atom. The average molecular weight is 1940 g/mol. The predicted octanol–water partition coefficient (Wildman–Crippen LogP) is 10.7. The van der Waals surface area contributed by atoms with Crippen molar-refractivity contribution in [1.29, 1.82) is 0 Å². The van der Waals surface area contributed by atoms with Crippen LogP contribution in [0, 0.1) is 68.2 Å². The summed E-state index contributed by atoms with van der Waals surface area (Å²) >= 11 is 0. The van der Waals surface area contributed by atoms with E-state index in [9.17, 15) is 93.9 Å². The van der Waals surface area contributed by atoms with Gasteiger partial charge >= 0.3 is 24.1 Å². The Morgan fingerprint density at radius 2 is 0.518 bits per heavy atom. The van der Waals surface area contributed by atoms with Crippen molar-refractivity contribution in [1.82, 2.24) is 99.6 Å². The van der Waals surface area contributed by atoms with Crippen molar-refractivity contribution in [2.24, 2.45) is 21.7 Å². The molecule has 4 aromatic heterocycles. The highest BCUT2D eigenvalue weighted by Gasteiger charge is 2.45. The smallest absolute Gasteiger partial charge is 0.343 e. The number of hydrogen-bond donors (Lipinski definition) is 8. The molecular formula is C99H130F8N20O12. The molecule has 0 spiro atoms. The summed E-state index contributed by atoms with van der Waals surface area (Å²) < 4.78 is 115. The number of hydrogen-bond acceptors (Lipinski definition) is 20. The van der Waals surface area contributed by atoms with Crippen LogP contribution in [-0.2, 0) is 71.0 Å². The summed E-state index contributed by atoms with van der Waals surface area (Å²) in [5, 5.41) is 69.2. The van der Waals surface area contributed by atoms with E-state index in [1.165, 1.54) is 43.0 Å². The van der Waals surface area contributed by atoms with Gasteiger partial charge in [0.25, 0.3) is 0 Å². The number of aliphatic hydroxyl groups is 4. The molecule has 4 saturated heterocycles. The summed E-state index contributed by atoms with van der Waals surface area (Å²) in [6.07, 6.45) is 4.30. The zero-order valence-corrected chi connectivity index (χ0v) is 81.9. The van der Waals surface area contributed by atoms with Crippen LogP contribution in [0.2, 0.25) is 0 Å². The summed E-state index contributed by atoms with van der Waals surface area (Å²) in [7, 11) is 7.76. The molecule has 12 heterocycles. The minimum absolute atomic E-state index is 0.195. The quantitative estimate of drug-likeness (QED) is 0.0527. The largest absolute Gasteiger partial charge is 0.393 e. The highest BCUT2D eigenvalue weighted by atomic mass is 19.2. The van der Waals surface area contributed by atoms with Gasteiger partial charge in [-0.2, -0.15) is 39.1 Å². The third kappa shape index (κ3) is 24.4. The summed E-state index contributed by atoms with van der Waals surface area (Å²) in [6.45, 7) is 30.4. The molecule has 0 unspecified atom stereocenters. The third-order valence-electron chi connectivity index (χ3n) is 26.7. The van der Waals surface area contributed by atoms with Crippen molar-refractivity contribution >= 4 is 47.8 Å². The van der Waals surface area contributed by atoms with E-state index < -0.39 is 141 Å². The van der Waals surface area contributed by atoms with Gasteiger partial charge in [-0.15, -0.1) is 0 Å². The van der Waals surface area contributed by atoms with E-state index in [2.05, 4.69) is 61.3 Å². The monoisotopic (exact) mass is 1940 g/mol. The highest BCUT2D eigenvalue weighted by Crippen LogP contribution is 2.39. The Bertz CT molecular complexity index is 5710. The van der Waals surface area contributed by atoms with Crippen LogP contribution in [0.5, 0.6) is 0 Å². The average Bonchev–Trinajstić information content (AvgIpc) is 1.63. The second-order valence-electron chi connectivity index (χ2n) is 42.1. The molecule has 8 N–H and O–H groups in total. The number of carbonyl (C=O) groups excluding carboxylic acids is 8. The summed E-state index contributed by atoms with van der Waals surface area (Å²) in [6, 6.07) is 8.80. The number of nitrogens with one attached hydrogen (secondary N) is 4. The molecule has 4 fully saturated rings. The molecule has 7 atom stereocenters. The second-order valence-corrected chi connectivity index (χ2v) is 42.1. The van der Waals surface area contributed by atoms with E-state index in [0.717, 1.165) is 70.8 Å². The molecule has 8 aromatic rings. The van der Waals surface area contributed by atoms with Crippen LogP contribution in [0.4, 0.5) is 54.3 Å². The molecule has 8 aliphatic rings. The fraction of sp³-hybridized carbons (Fsp3) is 0.556. The number of halogens is 8. The lowest BCUT2D eigenvalue weighted by atomic mass is 9.85. The molecule has 0 bridgehead atoms. The van der Waals surface area contributed by atoms with Crippen molar-refractivity contribution in [2.75, 3.05) is 107 Å². The van der Waals surface area contributed by atoms with Crippen LogP contribution >= 0.6 is 0 Å². The number of rotatable bonds is 12. The standard InChI is InChI=1S/3C25H33F2N5O3.C24H31F2N5O3/c1-25(2,3)22(23(34)31-11-7-16(33)8-12-31)28-24(35)32-20-9-10-30(4)14-17(20)21(29-32)15-5-6-18(26)19(27)13-15;2*1-25(2,3)22(23(34)31-10-5-6-16(33)13-31)28-24(35)32-20-9-11-30(4)14-17(20)21(29-32)15-7-8-18(26)19(27)12-15;1-24(2,3)21(22(33)30-10-7-15(32)12-30)27-23(34)31-19-8-9-29(4)13-16(19)20(28-31)14-5-6-17(25)18(26)11-14/h5-6,13,16,22,33H,7-12,14H2,1-4H3,(H,28,35);2*7-8,12,16,22,33H,5-6,9-11,13-14H2,1-4H3,(H,28,35);5-6,11,15,21,32H,7-10,12-13H2,1-4H3,(H,27,34)/t22-;16-,22+;16-,22-;15-,21-/m1011/s1. The zero-order chi connectivity index (χ0) is 101. The van der Waals surface area contributed by atoms with Gasteiger partial charge in [-0.1, -0.05) is 83.1 Å². The molecule has 40 heteroatoms. The summed E-state index contributed by atoms with van der Waals surface area (Å²) in [5.74, 6) is -8.68. The van der Waals surface area contributed by atoms with Crippen LogP contribution in [0.1, 0.15) is 173 Å². The number of aliphatic hydroxyl groups excluding tert-OH is 4. The molecule has 754 valence electrons. The number of piperidine rings is 3.